The number of methoxy groups -OCH3 is 1. The van der Waals surface area contributed by atoms with E-state index in [0.717, 1.165) is 0 Å². The number of aryl methyl sites for hydroxylation is 1. The molecule has 20 heavy (non-hydrogen) atoms. The molecule has 9 heteroatoms. The van der Waals surface area contributed by atoms with E-state index in [1.165, 1.54) is 36.5 Å². The molecule has 2 aromatic rings. The number of rotatable bonds is 5. The Bertz CT molecular complexity index is 716. The molecule has 0 amide bonds. The van der Waals surface area contributed by atoms with Gasteiger partial charge in [0.2, 0.25) is 5.76 Å². The number of anilines is 1. The fourth-order valence-corrected chi connectivity index (χ4v) is 2.51. The minimum Gasteiger partial charge on any atom is -0.463 e. The lowest BCUT2D eigenvalue weighted by Crippen LogP contribution is -2.14. The Labute approximate surface area is 115 Å². The maximum atomic E-state index is 12.1. The SMILES string of the molecule is CCn1cc(S(=O)(=O)Nc2ccoc2C(=O)OC)cn1. The number of nitrogens with zero attached hydrogens (tertiary/aromatic N) is 2. The van der Waals surface area contributed by atoms with Crippen LogP contribution in [0.1, 0.15) is 17.5 Å². The monoisotopic (exact) mass is 299 g/mol. The molecule has 108 valence electrons. The molecule has 2 rings (SSSR count). The number of ether oxygens (including phenoxy) is 1. The lowest BCUT2D eigenvalue weighted by atomic mass is 10.4. The van der Waals surface area contributed by atoms with Crippen molar-refractivity contribution in [2.45, 2.75) is 18.4 Å². The van der Waals surface area contributed by atoms with Crippen LogP contribution in [0.4, 0.5) is 5.69 Å². The van der Waals surface area contributed by atoms with E-state index in [4.69, 9.17) is 4.42 Å². The number of nitrogens with one attached hydrogen (secondary N) is 1. The Kier molecular flexibility index (Phi) is 3.79. The number of hydrogen-bond donors (Lipinski definition) is 1. The Morgan fingerprint density at radius 2 is 2.30 bits per heavy atom. The second kappa shape index (κ2) is 5.37. The lowest BCUT2D eigenvalue weighted by molar-refractivity contribution is 0.0566. The molecule has 0 aliphatic heterocycles. The molecule has 0 aliphatic carbocycles. The van der Waals surface area contributed by atoms with Gasteiger partial charge in [0.25, 0.3) is 10.0 Å². The van der Waals surface area contributed by atoms with E-state index in [-0.39, 0.29) is 16.3 Å². The van der Waals surface area contributed by atoms with Crippen molar-refractivity contribution in [1.29, 1.82) is 0 Å². The minimum atomic E-state index is -3.84. The maximum absolute atomic E-state index is 12.1. The van der Waals surface area contributed by atoms with Crippen molar-refractivity contribution in [1.82, 2.24) is 9.78 Å². The molecule has 2 heterocycles. The van der Waals surface area contributed by atoms with E-state index in [0.29, 0.717) is 6.54 Å². The van der Waals surface area contributed by atoms with E-state index in [1.807, 2.05) is 6.92 Å². The zero-order valence-electron chi connectivity index (χ0n) is 10.9. The Morgan fingerprint density at radius 3 is 2.90 bits per heavy atom. The number of carbonyl (C=O) groups excluding carboxylic acids is 1. The molecule has 0 unspecified atom stereocenters. The van der Waals surface area contributed by atoms with E-state index < -0.39 is 16.0 Å². The molecule has 0 atom stereocenters. The highest BCUT2D eigenvalue weighted by molar-refractivity contribution is 7.92. The summed E-state index contributed by atoms with van der Waals surface area (Å²) < 4.78 is 37.4. The van der Waals surface area contributed by atoms with Crippen LogP contribution in [0.5, 0.6) is 0 Å². The van der Waals surface area contributed by atoms with E-state index >= 15 is 0 Å². The Balaban J connectivity index is 2.29. The fraction of sp³-hybridized carbons (Fsp3) is 0.273. The van der Waals surface area contributed by atoms with Crippen molar-refractivity contribution >= 4 is 21.7 Å². The van der Waals surface area contributed by atoms with Crippen LogP contribution in [-0.4, -0.2) is 31.3 Å². The quantitative estimate of drug-likeness (QED) is 0.829. The Hall–Kier alpha value is -2.29. The van der Waals surface area contributed by atoms with E-state index in [2.05, 4.69) is 14.6 Å². The van der Waals surface area contributed by atoms with Gasteiger partial charge in [0.15, 0.2) is 0 Å². The summed E-state index contributed by atoms with van der Waals surface area (Å²) >= 11 is 0. The third-order valence-electron chi connectivity index (χ3n) is 2.52. The van der Waals surface area contributed by atoms with Crippen LogP contribution in [0.15, 0.2) is 34.0 Å². The zero-order chi connectivity index (χ0) is 14.8. The van der Waals surface area contributed by atoms with Gasteiger partial charge < -0.3 is 9.15 Å². The highest BCUT2D eigenvalue weighted by atomic mass is 32.2. The summed E-state index contributed by atoms with van der Waals surface area (Å²) in [7, 11) is -2.66. The summed E-state index contributed by atoms with van der Waals surface area (Å²) in [5.74, 6) is -0.976. The van der Waals surface area contributed by atoms with Gasteiger partial charge in [0.1, 0.15) is 10.6 Å². The first-order valence-corrected chi connectivity index (χ1v) is 7.17. The number of aromatic nitrogens is 2. The lowest BCUT2D eigenvalue weighted by Gasteiger charge is -2.05. The maximum Gasteiger partial charge on any atom is 0.376 e. The van der Waals surface area contributed by atoms with E-state index in [9.17, 15) is 13.2 Å². The molecule has 0 aliphatic rings. The predicted octanol–water partition coefficient (Wildman–Crippen LogP) is 1.08. The molecule has 0 bridgehead atoms. The highest BCUT2D eigenvalue weighted by Gasteiger charge is 2.22. The van der Waals surface area contributed by atoms with Crippen molar-refractivity contribution in [2.75, 3.05) is 11.8 Å². The number of sulfonamides is 1. The van der Waals surface area contributed by atoms with E-state index in [1.54, 1.807) is 0 Å². The first kappa shape index (κ1) is 14.1. The van der Waals surface area contributed by atoms with Gasteiger partial charge in [-0.3, -0.25) is 9.40 Å². The fourth-order valence-electron chi connectivity index (χ4n) is 1.50. The molecule has 0 aromatic carbocycles. The molecule has 0 radical (unpaired) electrons. The summed E-state index contributed by atoms with van der Waals surface area (Å²) in [6, 6.07) is 1.33. The van der Waals surface area contributed by atoms with Crippen molar-refractivity contribution in [3.05, 3.63) is 30.5 Å². The second-order valence-corrected chi connectivity index (χ2v) is 5.47. The van der Waals surface area contributed by atoms with Gasteiger partial charge in [-0.25, -0.2) is 13.2 Å². The second-order valence-electron chi connectivity index (χ2n) is 3.79. The first-order chi connectivity index (χ1) is 9.47. The van der Waals surface area contributed by atoms with Crippen LogP contribution < -0.4 is 4.72 Å². The summed E-state index contributed by atoms with van der Waals surface area (Å²) in [6.07, 6.45) is 3.81. The van der Waals surface area contributed by atoms with Crippen molar-refractivity contribution in [3.63, 3.8) is 0 Å². The van der Waals surface area contributed by atoms with Crippen LogP contribution >= 0.6 is 0 Å². The van der Waals surface area contributed by atoms with Gasteiger partial charge in [-0.1, -0.05) is 0 Å². The third-order valence-corrected chi connectivity index (χ3v) is 3.84. The summed E-state index contributed by atoms with van der Waals surface area (Å²) in [5.41, 5.74) is 0.0149. The molecular formula is C11H13N3O5S. The van der Waals surface area contributed by atoms with Crippen molar-refractivity contribution < 1.29 is 22.4 Å². The largest absolute Gasteiger partial charge is 0.463 e. The molecule has 1 N–H and O–H groups in total. The van der Waals surface area contributed by atoms with Gasteiger partial charge in [0, 0.05) is 18.8 Å². The summed E-state index contributed by atoms with van der Waals surface area (Å²) in [5, 5.41) is 3.89. The highest BCUT2D eigenvalue weighted by Crippen LogP contribution is 2.21. The van der Waals surface area contributed by atoms with Crippen molar-refractivity contribution in [3.8, 4) is 0 Å². The molecular weight excluding hydrogens is 286 g/mol. The summed E-state index contributed by atoms with van der Waals surface area (Å²) in [4.78, 5) is 11.4. The minimum absolute atomic E-state index is 0.00336. The normalized spacial score (nSPS) is 11.3. The van der Waals surface area contributed by atoms with Gasteiger partial charge >= 0.3 is 5.97 Å². The van der Waals surface area contributed by atoms with Crippen LogP contribution in [-0.2, 0) is 21.3 Å². The smallest absolute Gasteiger partial charge is 0.376 e. The molecule has 0 spiro atoms. The van der Waals surface area contributed by atoms with Crippen LogP contribution in [0.2, 0.25) is 0 Å². The molecule has 0 saturated carbocycles. The molecule has 0 saturated heterocycles. The Morgan fingerprint density at radius 1 is 1.55 bits per heavy atom. The molecule has 0 fully saturated rings. The average Bonchev–Trinajstić information content (AvgIpc) is 3.06. The molecule has 8 nitrogen and oxygen atoms in total. The predicted molar refractivity (Wildman–Crippen MR) is 68.8 cm³/mol. The van der Waals surface area contributed by atoms with Crippen LogP contribution in [0.3, 0.4) is 0 Å². The van der Waals surface area contributed by atoms with Crippen LogP contribution in [0, 0.1) is 0 Å². The standard InChI is InChI=1S/C11H13N3O5S/c1-3-14-7-8(6-12-14)20(16,17)13-9-4-5-19-10(9)11(15)18-2/h4-7,13H,3H2,1-2H3. The number of carbonyl (C=O) groups is 1. The van der Waals surface area contributed by atoms with Gasteiger partial charge in [-0.05, 0) is 6.92 Å². The number of esters is 1. The number of furan rings is 1. The zero-order valence-corrected chi connectivity index (χ0v) is 11.7. The third kappa shape index (κ3) is 2.67. The number of hydrogen-bond acceptors (Lipinski definition) is 6. The van der Waals surface area contributed by atoms with Crippen LogP contribution in [0.25, 0.3) is 0 Å². The summed E-state index contributed by atoms with van der Waals surface area (Å²) in [6.45, 7) is 2.39. The van der Waals surface area contributed by atoms with Gasteiger partial charge in [-0.2, -0.15) is 5.10 Å². The average molecular weight is 299 g/mol. The van der Waals surface area contributed by atoms with Crippen molar-refractivity contribution in [2.24, 2.45) is 0 Å². The molecule has 2 aromatic heterocycles. The first-order valence-electron chi connectivity index (χ1n) is 5.69. The van der Waals surface area contributed by atoms with Gasteiger partial charge in [0.05, 0.1) is 19.6 Å². The topological polar surface area (TPSA) is 103 Å². The van der Waals surface area contributed by atoms with Gasteiger partial charge in [-0.15, -0.1) is 0 Å².